The van der Waals surface area contributed by atoms with E-state index in [0.29, 0.717) is 19.4 Å². The molecule has 11 heavy (non-hydrogen) atoms. The molecule has 0 aromatic rings. The van der Waals surface area contributed by atoms with E-state index in [1.54, 1.807) is 0 Å². The van der Waals surface area contributed by atoms with Crippen LogP contribution in [0.4, 0.5) is 0 Å². The summed E-state index contributed by atoms with van der Waals surface area (Å²) in [5.41, 5.74) is 0. The predicted molar refractivity (Wildman–Crippen MR) is 40.8 cm³/mol. The van der Waals surface area contributed by atoms with E-state index < -0.39 is 0 Å². The highest BCUT2D eigenvalue weighted by Crippen LogP contribution is 2.14. The van der Waals surface area contributed by atoms with Gasteiger partial charge in [-0.05, 0) is 6.42 Å². The quantitative estimate of drug-likeness (QED) is 0.625. The maximum atomic E-state index is 11.1. The number of carbonyl (C=O) groups is 1. The van der Waals surface area contributed by atoms with Crippen molar-refractivity contribution >= 4 is 5.78 Å². The highest BCUT2D eigenvalue weighted by molar-refractivity contribution is 5.84. The molecule has 60 valence electrons. The lowest BCUT2D eigenvalue weighted by Crippen LogP contribution is -2.29. The van der Waals surface area contributed by atoms with Crippen LogP contribution in [0.15, 0.2) is 0 Å². The first-order chi connectivity index (χ1) is 5.27. The largest absolute Gasteiger partial charge is 0.306 e. The number of nitrogens with zero attached hydrogens (tertiary/aromatic N) is 1. The Balaban J connectivity index is 2.43. The Bertz CT molecular complexity index is 195. The van der Waals surface area contributed by atoms with Gasteiger partial charge in [-0.2, -0.15) is 5.26 Å². The van der Waals surface area contributed by atoms with Gasteiger partial charge in [0.1, 0.15) is 5.78 Å². The molecule has 0 aliphatic carbocycles. The van der Waals surface area contributed by atoms with Gasteiger partial charge in [0.05, 0.1) is 18.0 Å². The van der Waals surface area contributed by atoms with E-state index in [4.69, 9.17) is 5.26 Å². The van der Waals surface area contributed by atoms with Crippen LogP contribution in [0.1, 0.15) is 19.8 Å². The van der Waals surface area contributed by atoms with Crippen molar-refractivity contribution in [3.05, 3.63) is 0 Å². The van der Waals surface area contributed by atoms with Crippen LogP contribution in [0, 0.1) is 17.2 Å². The van der Waals surface area contributed by atoms with E-state index >= 15 is 0 Å². The maximum absolute atomic E-state index is 11.1. The monoisotopic (exact) mass is 152 g/mol. The molecular weight excluding hydrogens is 140 g/mol. The van der Waals surface area contributed by atoms with Gasteiger partial charge in [0.2, 0.25) is 0 Å². The summed E-state index contributed by atoms with van der Waals surface area (Å²) in [6, 6.07) is 2.11. The van der Waals surface area contributed by atoms with Gasteiger partial charge in [-0.25, -0.2) is 0 Å². The van der Waals surface area contributed by atoms with Crippen molar-refractivity contribution in [1.29, 1.82) is 5.26 Å². The Morgan fingerprint density at radius 3 is 3.00 bits per heavy atom. The van der Waals surface area contributed by atoms with Gasteiger partial charge in [0.15, 0.2) is 0 Å². The lowest BCUT2D eigenvalue weighted by molar-refractivity contribution is -0.120. The molecule has 3 nitrogen and oxygen atoms in total. The van der Waals surface area contributed by atoms with Crippen LogP contribution in [0.2, 0.25) is 0 Å². The highest BCUT2D eigenvalue weighted by atomic mass is 16.1. The topological polar surface area (TPSA) is 52.9 Å². The fourth-order valence-electron chi connectivity index (χ4n) is 1.33. The Labute approximate surface area is 66.4 Å². The summed E-state index contributed by atoms with van der Waals surface area (Å²) in [6.07, 6.45) is 1.26. The molecule has 2 atom stereocenters. The molecule has 0 aromatic heterocycles. The molecule has 1 saturated heterocycles. The number of nitriles is 1. The van der Waals surface area contributed by atoms with Crippen molar-refractivity contribution in [2.45, 2.75) is 25.8 Å². The third kappa shape index (κ3) is 1.78. The summed E-state index contributed by atoms with van der Waals surface area (Å²) in [5, 5.41) is 11.6. The van der Waals surface area contributed by atoms with E-state index in [1.165, 1.54) is 0 Å². The van der Waals surface area contributed by atoms with Crippen molar-refractivity contribution in [3.63, 3.8) is 0 Å². The minimum Gasteiger partial charge on any atom is -0.306 e. The average Bonchev–Trinajstić information content (AvgIpc) is 2.50. The molecule has 1 aliphatic heterocycles. The highest BCUT2D eigenvalue weighted by Gasteiger charge is 2.27. The summed E-state index contributed by atoms with van der Waals surface area (Å²) < 4.78 is 0. The molecule has 0 aromatic carbocycles. The molecule has 1 heterocycles. The van der Waals surface area contributed by atoms with Gasteiger partial charge in [-0.1, -0.05) is 6.92 Å². The molecule has 0 spiro atoms. The smallest absolute Gasteiger partial charge is 0.149 e. The molecule has 1 aliphatic rings. The number of carbonyl (C=O) groups excluding carboxylic acids is 1. The number of rotatable bonds is 2. The first-order valence-corrected chi connectivity index (χ1v) is 3.93. The van der Waals surface area contributed by atoms with E-state index in [9.17, 15) is 4.79 Å². The Hall–Kier alpha value is -0.880. The number of hydrogen-bond acceptors (Lipinski definition) is 3. The fourth-order valence-corrected chi connectivity index (χ4v) is 1.33. The summed E-state index contributed by atoms with van der Waals surface area (Å²) in [7, 11) is 0. The standard InChI is InChI=1S/C8H12N2O/c1-2-8(11)7-3-6(4-9)5-10-7/h6-7,10H,2-3,5H2,1H3. The Morgan fingerprint density at radius 2 is 2.55 bits per heavy atom. The van der Waals surface area contributed by atoms with Gasteiger partial charge in [0.25, 0.3) is 0 Å². The van der Waals surface area contributed by atoms with Crippen LogP contribution in [0.25, 0.3) is 0 Å². The molecule has 0 bridgehead atoms. The van der Waals surface area contributed by atoms with Crippen molar-refractivity contribution in [1.82, 2.24) is 5.32 Å². The molecule has 3 heteroatoms. The summed E-state index contributed by atoms with van der Waals surface area (Å²) in [4.78, 5) is 11.1. The first kappa shape index (κ1) is 8.22. The minimum atomic E-state index is -0.0513. The van der Waals surface area contributed by atoms with Crippen LogP contribution < -0.4 is 5.32 Å². The average molecular weight is 152 g/mol. The van der Waals surface area contributed by atoms with Crippen molar-refractivity contribution in [2.24, 2.45) is 5.92 Å². The minimum absolute atomic E-state index is 0.0375. The lowest BCUT2D eigenvalue weighted by atomic mass is 10.0. The summed E-state index contributed by atoms with van der Waals surface area (Å²) in [5.74, 6) is 0.262. The van der Waals surface area contributed by atoms with Crippen LogP contribution in [-0.4, -0.2) is 18.4 Å². The molecule has 1 fully saturated rings. The van der Waals surface area contributed by atoms with E-state index in [0.717, 1.165) is 0 Å². The second-order valence-corrected chi connectivity index (χ2v) is 2.84. The van der Waals surface area contributed by atoms with E-state index in [1.807, 2.05) is 6.92 Å². The van der Waals surface area contributed by atoms with Crippen molar-refractivity contribution in [3.8, 4) is 6.07 Å². The second kappa shape index (κ2) is 3.49. The summed E-state index contributed by atoms with van der Waals surface area (Å²) >= 11 is 0. The number of Topliss-reactive ketones (excluding diaryl/α,β-unsaturated/α-hetero) is 1. The van der Waals surface area contributed by atoms with Gasteiger partial charge >= 0.3 is 0 Å². The normalized spacial score (nSPS) is 29.8. The van der Waals surface area contributed by atoms with Crippen LogP contribution in [0.5, 0.6) is 0 Å². The SMILES string of the molecule is CCC(=O)C1CC(C#N)CN1. The zero-order valence-corrected chi connectivity index (χ0v) is 6.63. The molecule has 1 N–H and O–H groups in total. The molecular formula is C8H12N2O. The lowest BCUT2D eigenvalue weighted by Gasteiger charge is -2.04. The van der Waals surface area contributed by atoms with Crippen LogP contribution in [0.3, 0.4) is 0 Å². The zero-order chi connectivity index (χ0) is 8.27. The van der Waals surface area contributed by atoms with E-state index in [-0.39, 0.29) is 17.7 Å². The number of ketones is 1. The van der Waals surface area contributed by atoms with Gasteiger partial charge in [-0.3, -0.25) is 4.79 Å². The van der Waals surface area contributed by atoms with Gasteiger partial charge in [-0.15, -0.1) is 0 Å². The first-order valence-electron chi connectivity index (χ1n) is 3.93. The second-order valence-electron chi connectivity index (χ2n) is 2.84. The van der Waals surface area contributed by atoms with Crippen molar-refractivity contribution < 1.29 is 4.79 Å². The van der Waals surface area contributed by atoms with E-state index in [2.05, 4.69) is 11.4 Å². The molecule has 2 unspecified atom stereocenters. The summed E-state index contributed by atoms with van der Waals surface area (Å²) in [6.45, 7) is 2.52. The third-order valence-electron chi connectivity index (χ3n) is 2.05. The number of nitrogens with one attached hydrogen (secondary N) is 1. The number of hydrogen-bond donors (Lipinski definition) is 1. The van der Waals surface area contributed by atoms with Gasteiger partial charge < -0.3 is 5.32 Å². The van der Waals surface area contributed by atoms with Crippen molar-refractivity contribution in [2.75, 3.05) is 6.54 Å². The zero-order valence-electron chi connectivity index (χ0n) is 6.63. The van der Waals surface area contributed by atoms with Crippen LogP contribution >= 0.6 is 0 Å². The Morgan fingerprint density at radius 1 is 1.82 bits per heavy atom. The molecule has 1 rings (SSSR count). The van der Waals surface area contributed by atoms with Crippen LogP contribution in [-0.2, 0) is 4.79 Å². The fraction of sp³-hybridized carbons (Fsp3) is 0.750. The molecule has 0 radical (unpaired) electrons. The predicted octanol–water partition coefficient (Wildman–Crippen LogP) is 0.467. The third-order valence-corrected chi connectivity index (χ3v) is 2.05. The van der Waals surface area contributed by atoms with Gasteiger partial charge in [0, 0.05) is 13.0 Å². The molecule has 0 amide bonds. The Kier molecular flexibility index (Phi) is 2.61. The molecule has 0 saturated carbocycles. The maximum Gasteiger partial charge on any atom is 0.149 e.